The summed E-state index contributed by atoms with van der Waals surface area (Å²) in [6.45, 7) is 0. The third-order valence-corrected chi connectivity index (χ3v) is 1.18. The fraction of sp³-hybridized carbons (Fsp3) is 0.333. The average molecular weight is 152 g/mol. The van der Waals surface area contributed by atoms with Gasteiger partial charge in [0.05, 0.1) is 12.7 Å². The molecule has 0 bridgehead atoms. The molecular weight excluding hydrogens is 148 g/mol. The molecule has 5 heteroatoms. The van der Waals surface area contributed by atoms with Gasteiger partial charge in [-0.05, 0) is 6.08 Å². The number of isocyanates is 2. The Morgan fingerprint density at radius 1 is 1.36 bits per heavy atom. The van der Waals surface area contributed by atoms with Crippen molar-refractivity contribution in [2.45, 2.75) is 12.3 Å². The number of carbonyl (C=O) groups excluding carboxylic acids is 2. The molecule has 0 atom stereocenters. The fourth-order valence-electron chi connectivity index (χ4n) is 0.718. The van der Waals surface area contributed by atoms with Crippen LogP contribution in [0.5, 0.6) is 0 Å². The number of ether oxygens (including phenoxy) is 1. The van der Waals surface area contributed by atoms with E-state index in [1.165, 1.54) is 18.4 Å². The molecule has 0 spiro atoms. The summed E-state index contributed by atoms with van der Waals surface area (Å²) < 4.78 is 4.78. The number of nitrogens with zero attached hydrogens (tertiary/aromatic N) is 2. The first-order chi connectivity index (χ1) is 5.33. The SMILES string of the molecule is O=C=NC1(N=C=O)CC=CO1. The molecule has 1 aliphatic rings. The maximum atomic E-state index is 9.85. The van der Waals surface area contributed by atoms with E-state index in [0.29, 0.717) is 0 Å². The molecule has 0 saturated carbocycles. The Balaban J connectivity index is 2.89. The highest BCUT2D eigenvalue weighted by molar-refractivity contribution is 5.38. The van der Waals surface area contributed by atoms with Crippen molar-refractivity contribution in [2.24, 2.45) is 9.98 Å². The number of rotatable bonds is 2. The van der Waals surface area contributed by atoms with Gasteiger partial charge in [0.15, 0.2) is 0 Å². The lowest BCUT2D eigenvalue weighted by Crippen LogP contribution is -2.21. The van der Waals surface area contributed by atoms with Gasteiger partial charge in [-0.3, -0.25) is 0 Å². The normalized spacial score (nSPS) is 26.5. The van der Waals surface area contributed by atoms with Crippen molar-refractivity contribution in [1.29, 1.82) is 0 Å². The van der Waals surface area contributed by atoms with E-state index < -0.39 is 5.85 Å². The Kier molecular flexibility index (Phi) is 1.97. The minimum absolute atomic E-state index is 0.261. The molecule has 0 amide bonds. The molecule has 0 unspecified atom stereocenters. The molecule has 0 radical (unpaired) electrons. The number of aliphatic imine (C=N–C) groups is 2. The molecule has 0 aromatic heterocycles. The van der Waals surface area contributed by atoms with Crippen LogP contribution in [0.2, 0.25) is 0 Å². The van der Waals surface area contributed by atoms with Gasteiger partial charge in [0, 0.05) is 0 Å². The predicted molar refractivity (Wildman–Crippen MR) is 33.8 cm³/mol. The first-order valence-electron chi connectivity index (χ1n) is 2.84. The van der Waals surface area contributed by atoms with Gasteiger partial charge in [0.1, 0.15) is 0 Å². The van der Waals surface area contributed by atoms with Gasteiger partial charge in [-0.15, -0.1) is 9.98 Å². The van der Waals surface area contributed by atoms with Crippen LogP contribution in [0.15, 0.2) is 22.3 Å². The minimum Gasteiger partial charge on any atom is -0.454 e. The highest BCUT2D eigenvalue weighted by atomic mass is 16.5. The van der Waals surface area contributed by atoms with Gasteiger partial charge in [-0.25, -0.2) is 9.59 Å². The van der Waals surface area contributed by atoms with Crippen molar-refractivity contribution in [1.82, 2.24) is 0 Å². The third-order valence-electron chi connectivity index (χ3n) is 1.18. The van der Waals surface area contributed by atoms with Crippen LogP contribution in [-0.4, -0.2) is 18.0 Å². The van der Waals surface area contributed by atoms with Crippen molar-refractivity contribution in [3.8, 4) is 0 Å². The number of hydrogen-bond acceptors (Lipinski definition) is 5. The summed E-state index contributed by atoms with van der Waals surface area (Å²) in [4.78, 5) is 26.2. The second-order valence-corrected chi connectivity index (χ2v) is 1.84. The van der Waals surface area contributed by atoms with Gasteiger partial charge in [-0.2, -0.15) is 0 Å². The summed E-state index contributed by atoms with van der Waals surface area (Å²) >= 11 is 0. The zero-order chi connectivity index (χ0) is 8.16. The Morgan fingerprint density at radius 2 is 2.00 bits per heavy atom. The molecule has 0 aliphatic carbocycles. The first kappa shape index (κ1) is 7.41. The molecule has 0 fully saturated rings. The van der Waals surface area contributed by atoms with Crippen LogP contribution < -0.4 is 0 Å². The Bertz CT molecular complexity index is 244. The highest BCUT2D eigenvalue weighted by Crippen LogP contribution is 2.25. The molecule has 1 heterocycles. The van der Waals surface area contributed by atoms with E-state index in [2.05, 4.69) is 9.98 Å². The molecule has 0 aromatic carbocycles. The molecule has 1 aliphatic heterocycles. The van der Waals surface area contributed by atoms with Crippen LogP contribution in [-0.2, 0) is 14.3 Å². The molecule has 56 valence electrons. The lowest BCUT2D eigenvalue weighted by atomic mass is 10.3. The summed E-state index contributed by atoms with van der Waals surface area (Å²) in [5.41, 5.74) is 0. The molecule has 1 rings (SSSR count). The summed E-state index contributed by atoms with van der Waals surface area (Å²) in [7, 11) is 0. The molecule has 0 saturated heterocycles. The van der Waals surface area contributed by atoms with Crippen LogP contribution in [0, 0.1) is 0 Å². The largest absolute Gasteiger partial charge is 0.454 e. The van der Waals surface area contributed by atoms with E-state index in [9.17, 15) is 9.59 Å². The lowest BCUT2D eigenvalue weighted by molar-refractivity contribution is 0.0629. The number of hydrogen-bond donors (Lipinski definition) is 0. The summed E-state index contributed by atoms with van der Waals surface area (Å²) in [5, 5.41) is 0. The smallest absolute Gasteiger partial charge is 0.322 e. The van der Waals surface area contributed by atoms with Crippen molar-refractivity contribution in [2.75, 3.05) is 0 Å². The minimum atomic E-state index is -1.41. The molecule has 5 nitrogen and oxygen atoms in total. The monoisotopic (exact) mass is 152 g/mol. The quantitative estimate of drug-likeness (QED) is 0.420. The summed E-state index contributed by atoms with van der Waals surface area (Å²) in [6.07, 6.45) is 5.73. The standard InChI is InChI=1S/C6H4N2O3/c9-4-7-6(8-5-10)2-1-3-11-6/h1,3H,2H2. The lowest BCUT2D eigenvalue weighted by Gasteiger charge is -2.12. The van der Waals surface area contributed by atoms with E-state index >= 15 is 0 Å². The van der Waals surface area contributed by atoms with Crippen LogP contribution >= 0.6 is 0 Å². The average Bonchev–Trinajstić information content (AvgIpc) is 2.39. The van der Waals surface area contributed by atoms with Gasteiger partial charge >= 0.3 is 5.85 Å². The van der Waals surface area contributed by atoms with E-state index in [1.807, 2.05) is 0 Å². The van der Waals surface area contributed by atoms with Gasteiger partial charge in [0.25, 0.3) is 0 Å². The van der Waals surface area contributed by atoms with Gasteiger partial charge in [-0.1, -0.05) is 0 Å². The molecule has 11 heavy (non-hydrogen) atoms. The maximum Gasteiger partial charge on any atom is 0.322 e. The Hall–Kier alpha value is -1.70. The molecule has 0 N–H and O–H groups in total. The molecular formula is C6H4N2O3. The third kappa shape index (κ3) is 1.41. The topological polar surface area (TPSA) is 68.1 Å². The van der Waals surface area contributed by atoms with Gasteiger partial charge < -0.3 is 4.74 Å². The Labute approximate surface area is 62.1 Å². The van der Waals surface area contributed by atoms with Crippen LogP contribution in [0.25, 0.3) is 0 Å². The summed E-state index contributed by atoms with van der Waals surface area (Å²) in [5.74, 6) is -1.41. The highest BCUT2D eigenvalue weighted by Gasteiger charge is 2.32. The fourth-order valence-corrected chi connectivity index (χ4v) is 0.718. The zero-order valence-corrected chi connectivity index (χ0v) is 5.48. The van der Waals surface area contributed by atoms with Crippen molar-refractivity contribution < 1.29 is 14.3 Å². The van der Waals surface area contributed by atoms with Gasteiger partial charge in [0.2, 0.25) is 12.2 Å². The van der Waals surface area contributed by atoms with Crippen molar-refractivity contribution >= 4 is 12.2 Å². The van der Waals surface area contributed by atoms with E-state index in [-0.39, 0.29) is 6.42 Å². The first-order valence-corrected chi connectivity index (χ1v) is 2.84. The van der Waals surface area contributed by atoms with Crippen molar-refractivity contribution in [3.63, 3.8) is 0 Å². The molecule has 0 aromatic rings. The second kappa shape index (κ2) is 2.92. The second-order valence-electron chi connectivity index (χ2n) is 1.84. The van der Waals surface area contributed by atoms with E-state index in [4.69, 9.17) is 4.74 Å². The van der Waals surface area contributed by atoms with E-state index in [1.54, 1.807) is 6.08 Å². The van der Waals surface area contributed by atoms with Crippen molar-refractivity contribution in [3.05, 3.63) is 12.3 Å². The predicted octanol–water partition coefficient (Wildman–Crippen LogP) is 0.246. The zero-order valence-electron chi connectivity index (χ0n) is 5.48. The maximum absolute atomic E-state index is 9.85. The van der Waals surface area contributed by atoms with E-state index in [0.717, 1.165) is 0 Å². The summed E-state index contributed by atoms with van der Waals surface area (Å²) in [6, 6.07) is 0. The van der Waals surface area contributed by atoms with Crippen LogP contribution in [0.3, 0.4) is 0 Å². The Morgan fingerprint density at radius 3 is 2.36 bits per heavy atom. The van der Waals surface area contributed by atoms with Crippen LogP contribution in [0.4, 0.5) is 0 Å². The van der Waals surface area contributed by atoms with Crippen LogP contribution in [0.1, 0.15) is 6.42 Å².